The monoisotopic (exact) mass is 234 g/mol. The van der Waals surface area contributed by atoms with Gasteiger partial charge in [0.25, 0.3) is 0 Å². The van der Waals surface area contributed by atoms with E-state index in [4.69, 9.17) is 0 Å². The SMILES string of the molecule is CC(CS(C)(=O)=O)NCC1CCCCN1. The van der Waals surface area contributed by atoms with Gasteiger partial charge in [-0.3, -0.25) is 0 Å². The third kappa shape index (κ3) is 6.12. The second-order valence-electron chi connectivity index (χ2n) is 4.55. The van der Waals surface area contributed by atoms with Gasteiger partial charge in [-0.25, -0.2) is 8.42 Å². The second-order valence-corrected chi connectivity index (χ2v) is 6.73. The molecule has 1 fully saturated rings. The molecule has 2 unspecified atom stereocenters. The molecule has 0 saturated carbocycles. The summed E-state index contributed by atoms with van der Waals surface area (Å²) in [5.74, 6) is 0.222. The van der Waals surface area contributed by atoms with Crippen LogP contribution in [0.15, 0.2) is 0 Å². The molecule has 0 aromatic heterocycles. The van der Waals surface area contributed by atoms with Crippen LogP contribution in [-0.4, -0.2) is 45.6 Å². The fraction of sp³-hybridized carbons (Fsp3) is 1.00. The standard InChI is InChI=1S/C10H22N2O2S/c1-9(8-15(2,13)14)12-7-10-5-3-4-6-11-10/h9-12H,3-8H2,1-2H3. The molecule has 1 aliphatic heterocycles. The molecule has 1 aliphatic rings. The lowest BCUT2D eigenvalue weighted by Gasteiger charge is -2.25. The lowest BCUT2D eigenvalue weighted by atomic mass is 10.1. The minimum Gasteiger partial charge on any atom is -0.313 e. The summed E-state index contributed by atoms with van der Waals surface area (Å²) in [6.07, 6.45) is 5.01. The van der Waals surface area contributed by atoms with Crippen LogP contribution in [0.25, 0.3) is 0 Å². The van der Waals surface area contributed by atoms with E-state index in [1.165, 1.54) is 25.5 Å². The van der Waals surface area contributed by atoms with Gasteiger partial charge < -0.3 is 10.6 Å². The van der Waals surface area contributed by atoms with E-state index in [0.29, 0.717) is 6.04 Å². The summed E-state index contributed by atoms with van der Waals surface area (Å²) >= 11 is 0. The van der Waals surface area contributed by atoms with Crippen LogP contribution in [0.3, 0.4) is 0 Å². The normalized spacial score (nSPS) is 25.1. The Balaban J connectivity index is 2.18. The molecular formula is C10H22N2O2S. The van der Waals surface area contributed by atoms with Gasteiger partial charge >= 0.3 is 0 Å². The van der Waals surface area contributed by atoms with Crippen LogP contribution in [0.5, 0.6) is 0 Å². The van der Waals surface area contributed by atoms with Gasteiger partial charge in [0.15, 0.2) is 0 Å². The van der Waals surface area contributed by atoms with Crippen LogP contribution in [-0.2, 0) is 9.84 Å². The Kier molecular flexibility index (Phi) is 5.02. The van der Waals surface area contributed by atoms with Gasteiger partial charge in [-0.2, -0.15) is 0 Å². The molecule has 15 heavy (non-hydrogen) atoms. The van der Waals surface area contributed by atoms with Crippen molar-refractivity contribution < 1.29 is 8.42 Å². The van der Waals surface area contributed by atoms with Crippen LogP contribution in [0.2, 0.25) is 0 Å². The van der Waals surface area contributed by atoms with E-state index in [1.807, 2.05) is 6.92 Å². The average Bonchev–Trinajstić information content (AvgIpc) is 2.14. The van der Waals surface area contributed by atoms with Crippen molar-refractivity contribution in [3.63, 3.8) is 0 Å². The zero-order chi connectivity index (χ0) is 11.3. The summed E-state index contributed by atoms with van der Waals surface area (Å²) in [6.45, 7) is 3.88. The van der Waals surface area contributed by atoms with E-state index in [0.717, 1.165) is 13.1 Å². The highest BCUT2D eigenvalue weighted by atomic mass is 32.2. The zero-order valence-electron chi connectivity index (χ0n) is 9.62. The van der Waals surface area contributed by atoms with Crippen molar-refractivity contribution in [2.45, 2.75) is 38.3 Å². The first kappa shape index (κ1) is 12.9. The quantitative estimate of drug-likeness (QED) is 0.711. The molecule has 1 heterocycles. The minimum atomic E-state index is -2.86. The maximum atomic E-state index is 11.0. The van der Waals surface area contributed by atoms with E-state index < -0.39 is 9.84 Å². The Hall–Kier alpha value is -0.130. The summed E-state index contributed by atoms with van der Waals surface area (Å²) < 4.78 is 22.1. The first-order valence-corrected chi connectivity index (χ1v) is 7.68. The lowest BCUT2D eigenvalue weighted by molar-refractivity contribution is 0.374. The summed E-state index contributed by atoms with van der Waals surface area (Å²) in [5.41, 5.74) is 0. The number of nitrogens with one attached hydrogen (secondary N) is 2. The molecule has 90 valence electrons. The molecule has 0 aliphatic carbocycles. The van der Waals surface area contributed by atoms with E-state index in [2.05, 4.69) is 10.6 Å². The summed E-state index contributed by atoms with van der Waals surface area (Å²) in [7, 11) is -2.86. The molecule has 4 nitrogen and oxygen atoms in total. The number of rotatable bonds is 5. The molecule has 0 aromatic rings. The molecule has 1 rings (SSSR count). The first-order chi connectivity index (χ1) is 6.97. The van der Waals surface area contributed by atoms with Gasteiger partial charge in [0, 0.05) is 24.9 Å². The molecule has 2 atom stereocenters. The van der Waals surface area contributed by atoms with Gasteiger partial charge in [0.05, 0.1) is 5.75 Å². The van der Waals surface area contributed by atoms with E-state index in [9.17, 15) is 8.42 Å². The summed E-state index contributed by atoms with van der Waals surface area (Å²) in [6, 6.07) is 0.560. The van der Waals surface area contributed by atoms with Crippen molar-refractivity contribution in [3.8, 4) is 0 Å². The maximum Gasteiger partial charge on any atom is 0.148 e. The third-order valence-corrected chi connectivity index (χ3v) is 3.78. The molecule has 0 aromatic carbocycles. The number of hydrogen-bond donors (Lipinski definition) is 2. The van der Waals surface area contributed by atoms with Gasteiger partial charge in [-0.15, -0.1) is 0 Å². The Morgan fingerprint density at radius 3 is 2.73 bits per heavy atom. The van der Waals surface area contributed by atoms with E-state index in [1.54, 1.807) is 0 Å². The van der Waals surface area contributed by atoms with E-state index >= 15 is 0 Å². The molecule has 0 amide bonds. The van der Waals surface area contributed by atoms with Gasteiger partial charge in [-0.05, 0) is 26.3 Å². The van der Waals surface area contributed by atoms with Crippen molar-refractivity contribution in [2.75, 3.05) is 25.1 Å². The van der Waals surface area contributed by atoms with Crippen LogP contribution < -0.4 is 10.6 Å². The highest BCUT2D eigenvalue weighted by Gasteiger charge is 2.15. The lowest BCUT2D eigenvalue weighted by Crippen LogP contribution is -2.45. The minimum absolute atomic E-state index is 0.0451. The molecule has 0 radical (unpaired) electrons. The van der Waals surface area contributed by atoms with Crippen molar-refractivity contribution in [1.82, 2.24) is 10.6 Å². The van der Waals surface area contributed by atoms with Crippen molar-refractivity contribution in [1.29, 1.82) is 0 Å². The van der Waals surface area contributed by atoms with Gasteiger partial charge in [0.1, 0.15) is 9.84 Å². The van der Waals surface area contributed by atoms with Crippen molar-refractivity contribution >= 4 is 9.84 Å². The van der Waals surface area contributed by atoms with Gasteiger partial charge in [0.2, 0.25) is 0 Å². The maximum absolute atomic E-state index is 11.0. The Morgan fingerprint density at radius 1 is 1.47 bits per heavy atom. The van der Waals surface area contributed by atoms with Crippen LogP contribution in [0.4, 0.5) is 0 Å². The topological polar surface area (TPSA) is 58.2 Å². The Morgan fingerprint density at radius 2 is 2.20 bits per heavy atom. The molecule has 0 bridgehead atoms. The highest BCUT2D eigenvalue weighted by Crippen LogP contribution is 2.06. The molecule has 0 spiro atoms. The first-order valence-electron chi connectivity index (χ1n) is 5.62. The predicted octanol–water partition coefficient (Wildman–Crippen LogP) is 0.151. The van der Waals surface area contributed by atoms with Crippen LogP contribution in [0, 0.1) is 0 Å². The molecule has 1 saturated heterocycles. The average molecular weight is 234 g/mol. The summed E-state index contributed by atoms with van der Waals surface area (Å²) in [5, 5.41) is 6.69. The fourth-order valence-electron chi connectivity index (χ4n) is 1.95. The number of piperidine rings is 1. The largest absolute Gasteiger partial charge is 0.313 e. The Labute approximate surface area is 92.7 Å². The number of hydrogen-bond acceptors (Lipinski definition) is 4. The van der Waals surface area contributed by atoms with Gasteiger partial charge in [-0.1, -0.05) is 6.42 Å². The van der Waals surface area contributed by atoms with Crippen molar-refractivity contribution in [3.05, 3.63) is 0 Å². The van der Waals surface area contributed by atoms with Crippen LogP contribution in [0.1, 0.15) is 26.2 Å². The fourth-order valence-corrected chi connectivity index (χ4v) is 2.98. The number of sulfone groups is 1. The summed E-state index contributed by atoms with van der Waals surface area (Å²) in [4.78, 5) is 0. The smallest absolute Gasteiger partial charge is 0.148 e. The molecular weight excluding hydrogens is 212 g/mol. The molecule has 5 heteroatoms. The molecule has 2 N–H and O–H groups in total. The van der Waals surface area contributed by atoms with Crippen LogP contribution >= 0.6 is 0 Å². The van der Waals surface area contributed by atoms with Crippen molar-refractivity contribution in [2.24, 2.45) is 0 Å². The third-order valence-electron chi connectivity index (χ3n) is 2.68. The second kappa shape index (κ2) is 5.82. The zero-order valence-corrected chi connectivity index (χ0v) is 10.4. The van der Waals surface area contributed by atoms with E-state index in [-0.39, 0.29) is 11.8 Å². The Bertz CT molecular complexity index is 271. The highest BCUT2D eigenvalue weighted by molar-refractivity contribution is 7.90. The predicted molar refractivity (Wildman–Crippen MR) is 62.8 cm³/mol.